The fraction of sp³-hybridized carbons (Fsp3) is 0.278. The molecule has 0 spiro atoms. The molecule has 0 aliphatic heterocycles. The van der Waals surface area contributed by atoms with Gasteiger partial charge in [0.05, 0.1) is 18.7 Å². The highest BCUT2D eigenvalue weighted by atomic mass is 79.9. The van der Waals surface area contributed by atoms with E-state index in [-0.39, 0.29) is 17.9 Å². The molecule has 116 valence electrons. The molecule has 4 heteroatoms. The predicted octanol–water partition coefficient (Wildman–Crippen LogP) is 4.58. The van der Waals surface area contributed by atoms with Gasteiger partial charge in [-0.3, -0.25) is 4.79 Å². The van der Waals surface area contributed by atoms with E-state index < -0.39 is 0 Å². The van der Waals surface area contributed by atoms with E-state index in [2.05, 4.69) is 35.1 Å². The van der Waals surface area contributed by atoms with Crippen LogP contribution in [0.15, 0.2) is 53.0 Å². The Morgan fingerprint density at radius 1 is 1.09 bits per heavy atom. The van der Waals surface area contributed by atoms with E-state index in [1.807, 2.05) is 48.5 Å². The van der Waals surface area contributed by atoms with Gasteiger partial charge in [0.1, 0.15) is 5.75 Å². The largest absolute Gasteiger partial charge is 0.497 e. The van der Waals surface area contributed by atoms with Crippen molar-refractivity contribution >= 4 is 21.8 Å². The van der Waals surface area contributed by atoms with Crippen molar-refractivity contribution in [3.05, 3.63) is 64.1 Å². The summed E-state index contributed by atoms with van der Waals surface area (Å²) in [5.74, 6) is 1.00. The molecule has 1 N–H and O–H groups in total. The van der Waals surface area contributed by atoms with Crippen LogP contribution < -0.4 is 10.1 Å². The molecule has 0 unspecified atom stereocenters. The summed E-state index contributed by atoms with van der Waals surface area (Å²) in [6.45, 7) is 4.18. The molecular weight excluding hydrogens is 342 g/mol. The number of rotatable bonds is 5. The molecule has 0 saturated carbocycles. The molecule has 0 radical (unpaired) electrons. The lowest BCUT2D eigenvalue weighted by Gasteiger charge is -2.23. The van der Waals surface area contributed by atoms with E-state index in [1.165, 1.54) is 0 Å². The summed E-state index contributed by atoms with van der Waals surface area (Å²) in [5, 5.41) is 3.12. The summed E-state index contributed by atoms with van der Waals surface area (Å²) in [4.78, 5) is 12.5. The third-order valence-corrected chi connectivity index (χ3v) is 4.24. The molecule has 1 atom stereocenters. The zero-order valence-corrected chi connectivity index (χ0v) is 14.6. The number of hydrogen-bond donors (Lipinski definition) is 1. The zero-order valence-electron chi connectivity index (χ0n) is 13.0. The summed E-state index contributed by atoms with van der Waals surface area (Å²) in [6, 6.07) is 15.2. The summed E-state index contributed by atoms with van der Waals surface area (Å²) in [7, 11) is 1.64. The van der Waals surface area contributed by atoms with Gasteiger partial charge < -0.3 is 10.1 Å². The first-order valence-electron chi connectivity index (χ1n) is 7.22. The number of halogens is 1. The Balaban J connectivity index is 2.21. The monoisotopic (exact) mass is 361 g/mol. The highest BCUT2D eigenvalue weighted by molar-refractivity contribution is 9.10. The maximum absolute atomic E-state index is 12.5. The number of hydrogen-bond acceptors (Lipinski definition) is 2. The number of ether oxygens (including phenoxy) is 1. The molecule has 1 amide bonds. The minimum Gasteiger partial charge on any atom is -0.497 e. The molecule has 0 heterocycles. The second kappa shape index (κ2) is 7.45. The van der Waals surface area contributed by atoms with Crippen LogP contribution >= 0.6 is 15.9 Å². The van der Waals surface area contributed by atoms with Crippen LogP contribution in [0.4, 0.5) is 0 Å². The lowest BCUT2D eigenvalue weighted by molar-refractivity contribution is 0.0925. The first-order valence-corrected chi connectivity index (χ1v) is 8.01. The van der Waals surface area contributed by atoms with Gasteiger partial charge in [0.15, 0.2) is 0 Å². The summed E-state index contributed by atoms with van der Waals surface area (Å²) in [6.07, 6.45) is 0. The Bertz CT molecular complexity index is 638. The third kappa shape index (κ3) is 3.89. The van der Waals surface area contributed by atoms with Gasteiger partial charge in [0.2, 0.25) is 0 Å². The average molecular weight is 362 g/mol. The fourth-order valence-electron chi connectivity index (χ4n) is 2.31. The first kappa shape index (κ1) is 16.6. The Labute approximate surface area is 139 Å². The quantitative estimate of drug-likeness (QED) is 0.845. The smallest absolute Gasteiger partial charge is 0.252 e. The maximum Gasteiger partial charge on any atom is 0.252 e. The van der Waals surface area contributed by atoms with Gasteiger partial charge in [0.25, 0.3) is 5.91 Å². The van der Waals surface area contributed by atoms with Crippen LogP contribution in [0.1, 0.15) is 35.8 Å². The lowest BCUT2D eigenvalue weighted by atomic mass is 9.95. The second-order valence-electron chi connectivity index (χ2n) is 5.45. The molecule has 22 heavy (non-hydrogen) atoms. The Morgan fingerprint density at radius 2 is 1.73 bits per heavy atom. The molecule has 2 aromatic carbocycles. The molecule has 0 bridgehead atoms. The number of amides is 1. The topological polar surface area (TPSA) is 38.3 Å². The molecule has 0 saturated heterocycles. The molecule has 0 aliphatic carbocycles. The zero-order chi connectivity index (χ0) is 16.1. The van der Waals surface area contributed by atoms with E-state index in [0.717, 1.165) is 15.8 Å². The second-order valence-corrected chi connectivity index (χ2v) is 6.30. The van der Waals surface area contributed by atoms with Crippen LogP contribution in [0.3, 0.4) is 0 Å². The number of carbonyl (C=O) groups excluding carboxylic acids is 1. The SMILES string of the molecule is COc1ccc([C@@H](NC(=O)c2ccccc2Br)C(C)C)cc1. The minimum absolute atomic E-state index is 0.0505. The van der Waals surface area contributed by atoms with Crippen LogP contribution in [0.25, 0.3) is 0 Å². The molecule has 0 aromatic heterocycles. The van der Waals surface area contributed by atoms with Crippen LogP contribution in [-0.2, 0) is 0 Å². The van der Waals surface area contributed by atoms with Gasteiger partial charge in [-0.05, 0) is 51.7 Å². The highest BCUT2D eigenvalue weighted by Crippen LogP contribution is 2.25. The van der Waals surface area contributed by atoms with Crippen molar-refractivity contribution in [1.29, 1.82) is 0 Å². The van der Waals surface area contributed by atoms with E-state index in [4.69, 9.17) is 4.74 Å². The van der Waals surface area contributed by atoms with Gasteiger partial charge in [-0.25, -0.2) is 0 Å². The van der Waals surface area contributed by atoms with Crippen molar-refractivity contribution < 1.29 is 9.53 Å². The standard InChI is InChI=1S/C18H20BrNO2/c1-12(2)17(13-8-10-14(22-3)11-9-13)20-18(21)15-6-4-5-7-16(15)19/h4-12,17H,1-3H3,(H,20,21)/t17-/m0/s1. The Hall–Kier alpha value is -1.81. The summed E-state index contributed by atoms with van der Waals surface area (Å²) >= 11 is 3.42. The maximum atomic E-state index is 12.5. The van der Waals surface area contributed by atoms with Crippen molar-refractivity contribution in [3.8, 4) is 5.75 Å². The van der Waals surface area contributed by atoms with Crippen molar-refractivity contribution in [3.63, 3.8) is 0 Å². The summed E-state index contributed by atoms with van der Waals surface area (Å²) < 4.78 is 5.98. The van der Waals surface area contributed by atoms with E-state index in [9.17, 15) is 4.79 Å². The van der Waals surface area contributed by atoms with Crippen molar-refractivity contribution in [2.75, 3.05) is 7.11 Å². The average Bonchev–Trinajstić information content (AvgIpc) is 2.52. The van der Waals surface area contributed by atoms with Crippen LogP contribution in [0.2, 0.25) is 0 Å². The minimum atomic E-state index is -0.0815. The van der Waals surface area contributed by atoms with Crippen LogP contribution in [0, 0.1) is 5.92 Å². The fourth-order valence-corrected chi connectivity index (χ4v) is 2.78. The number of carbonyl (C=O) groups is 1. The number of nitrogens with one attached hydrogen (secondary N) is 1. The van der Waals surface area contributed by atoms with Gasteiger partial charge in [0, 0.05) is 4.47 Å². The molecule has 3 nitrogen and oxygen atoms in total. The highest BCUT2D eigenvalue weighted by Gasteiger charge is 2.20. The molecule has 2 rings (SSSR count). The van der Waals surface area contributed by atoms with Crippen molar-refractivity contribution in [2.24, 2.45) is 5.92 Å². The molecule has 0 fully saturated rings. The Morgan fingerprint density at radius 3 is 2.27 bits per heavy atom. The lowest BCUT2D eigenvalue weighted by Crippen LogP contribution is -2.31. The predicted molar refractivity (Wildman–Crippen MR) is 92.2 cm³/mol. The Kier molecular flexibility index (Phi) is 5.61. The van der Waals surface area contributed by atoms with E-state index >= 15 is 0 Å². The van der Waals surface area contributed by atoms with E-state index in [0.29, 0.717) is 5.56 Å². The molecule has 0 aliphatic rings. The van der Waals surface area contributed by atoms with Crippen LogP contribution in [-0.4, -0.2) is 13.0 Å². The van der Waals surface area contributed by atoms with Gasteiger partial charge in [-0.15, -0.1) is 0 Å². The van der Waals surface area contributed by atoms with Crippen LogP contribution in [0.5, 0.6) is 5.75 Å². The van der Waals surface area contributed by atoms with Gasteiger partial charge >= 0.3 is 0 Å². The number of methoxy groups -OCH3 is 1. The molecule has 2 aromatic rings. The van der Waals surface area contributed by atoms with E-state index in [1.54, 1.807) is 7.11 Å². The summed E-state index contributed by atoms with van der Waals surface area (Å²) in [5.41, 5.74) is 1.71. The molecular formula is C18H20BrNO2. The third-order valence-electron chi connectivity index (χ3n) is 3.55. The van der Waals surface area contributed by atoms with Gasteiger partial charge in [-0.1, -0.05) is 38.1 Å². The van der Waals surface area contributed by atoms with Gasteiger partial charge in [-0.2, -0.15) is 0 Å². The normalized spacial score (nSPS) is 12.0. The first-order chi connectivity index (χ1) is 10.5. The number of benzene rings is 2. The van der Waals surface area contributed by atoms with Crippen molar-refractivity contribution in [2.45, 2.75) is 19.9 Å². The van der Waals surface area contributed by atoms with Crippen molar-refractivity contribution in [1.82, 2.24) is 5.32 Å².